The molecule has 9 heteroatoms. The number of ether oxygens (including phenoxy) is 1. The number of aromatic nitrogens is 2. The summed E-state index contributed by atoms with van der Waals surface area (Å²) in [6.45, 7) is 9.28. The molecule has 0 radical (unpaired) electrons. The summed E-state index contributed by atoms with van der Waals surface area (Å²) >= 11 is 0. The van der Waals surface area contributed by atoms with E-state index in [0.29, 0.717) is 29.2 Å². The van der Waals surface area contributed by atoms with Crippen LogP contribution in [0.5, 0.6) is 5.75 Å². The lowest BCUT2D eigenvalue weighted by Gasteiger charge is -2.19. The molecular formula is C24H28N4O4S. The van der Waals surface area contributed by atoms with E-state index >= 15 is 0 Å². The molecule has 8 nitrogen and oxygen atoms in total. The van der Waals surface area contributed by atoms with Gasteiger partial charge >= 0.3 is 0 Å². The Morgan fingerprint density at radius 2 is 1.61 bits per heavy atom. The van der Waals surface area contributed by atoms with Gasteiger partial charge in [0.2, 0.25) is 5.95 Å². The molecule has 0 aliphatic rings. The van der Waals surface area contributed by atoms with Crippen molar-refractivity contribution in [2.75, 3.05) is 10.0 Å². The predicted molar refractivity (Wildman–Crippen MR) is 128 cm³/mol. The third-order valence-electron chi connectivity index (χ3n) is 4.92. The van der Waals surface area contributed by atoms with Gasteiger partial charge in [-0.1, -0.05) is 19.1 Å². The molecule has 0 saturated carbocycles. The van der Waals surface area contributed by atoms with Gasteiger partial charge in [-0.05, 0) is 81.6 Å². The van der Waals surface area contributed by atoms with E-state index in [4.69, 9.17) is 4.74 Å². The Bertz CT molecular complexity index is 1240. The van der Waals surface area contributed by atoms with Crippen LogP contribution in [-0.4, -0.2) is 30.4 Å². The number of carbonyl (C=O) groups excluding carboxylic acids is 1. The lowest BCUT2D eigenvalue weighted by atomic mass is 10.1. The summed E-state index contributed by atoms with van der Waals surface area (Å²) < 4.78 is 33.7. The smallest absolute Gasteiger partial charge is 0.265 e. The topological polar surface area (TPSA) is 110 Å². The average molecular weight is 469 g/mol. The van der Waals surface area contributed by atoms with Crippen molar-refractivity contribution in [3.8, 4) is 5.75 Å². The first-order chi connectivity index (χ1) is 15.6. The van der Waals surface area contributed by atoms with Crippen molar-refractivity contribution in [3.63, 3.8) is 0 Å². The van der Waals surface area contributed by atoms with Crippen LogP contribution < -0.4 is 14.8 Å². The summed E-state index contributed by atoms with van der Waals surface area (Å²) in [5.41, 5.74) is 3.77. The van der Waals surface area contributed by atoms with Crippen LogP contribution in [0.1, 0.15) is 35.9 Å². The molecule has 1 aromatic heterocycles. The van der Waals surface area contributed by atoms with Gasteiger partial charge in [0, 0.05) is 17.1 Å². The summed E-state index contributed by atoms with van der Waals surface area (Å²) in [4.78, 5) is 21.0. The maximum Gasteiger partial charge on any atom is 0.265 e. The molecule has 0 spiro atoms. The van der Waals surface area contributed by atoms with Gasteiger partial charge in [0.25, 0.3) is 15.9 Å². The normalized spacial score (nSPS) is 12.2. The average Bonchev–Trinajstić information content (AvgIpc) is 2.73. The first-order valence-electron chi connectivity index (χ1n) is 10.6. The fourth-order valence-electron chi connectivity index (χ4n) is 3.20. The highest BCUT2D eigenvalue weighted by Crippen LogP contribution is 2.22. The van der Waals surface area contributed by atoms with Gasteiger partial charge in [0.15, 0.2) is 6.10 Å². The zero-order chi connectivity index (χ0) is 24.2. The molecule has 3 rings (SSSR count). The number of nitrogens with one attached hydrogen (secondary N) is 2. The SMILES string of the molecule is CC[C@H](Oc1cc(C)ccc1C)C(=O)Nc1ccc(S(=O)(=O)Nc2nc(C)cc(C)n2)cc1. The molecule has 3 aromatic rings. The molecule has 0 bridgehead atoms. The summed E-state index contributed by atoms with van der Waals surface area (Å²) in [5, 5.41) is 2.79. The van der Waals surface area contributed by atoms with Crippen LogP contribution in [0.4, 0.5) is 11.6 Å². The first kappa shape index (κ1) is 24.2. The second-order valence-electron chi connectivity index (χ2n) is 7.88. The number of benzene rings is 2. The molecule has 2 N–H and O–H groups in total. The van der Waals surface area contributed by atoms with Gasteiger partial charge in [-0.2, -0.15) is 0 Å². The number of anilines is 2. The first-order valence-corrected chi connectivity index (χ1v) is 12.1. The Morgan fingerprint density at radius 3 is 2.21 bits per heavy atom. The second-order valence-corrected chi connectivity index (χ2v) is 9.56. The van der Waals surface area contributed by atoms with Gasteiger partial charge in [0.05, 0.1) is 4.90 Å². The van der Waals surface area contributed by atoms with Crippen molar-refractivity contribution in [2.24, 2.45) is 0 Å². The van der Waals surface area contributed by atoms with Crippen LogP contribution in [0.25, 0.3) is 0 Å². The number of hydrogen-bond acceptors (Lipinski definition) is 6. The molecule has 0 saturated heterocycles. The fourth-order valence-corrected chi connectivity index (χ4v) is 4.14. The van der Waals surface area contributed by atoms with Crippen LogP contribution in [-0.2, 0) is 14.8 Å². The highest BCUT2D eigenvalue weighted by molar-refractivity contribution is 7.92. The minimum Gasteiger partial charge on any atom is -0.480 e. The fraction of sp³-hybridized carbons (Fsp3) is 0.292. The monoisotopic (exact) mass is 468 g/mol. The molecule has 1 atom stereocenters. The molecule has 174 valence electrons. The van der Waals surface area contributed by atoms with Gasteiger partial charge in [0.1, 0.15) is 5.75 Å². The molecule has 1 heterocycles. The van der Waals surface area contributed by atoms with Gasteiger partial charge in [-0.25, -0.2) is 23.1 Å². The van der Waals surface area contributed by atoms with Gasteiger partial charge in [-0.15, -0.1) is 0 Å². The van der Waals surface area contributed by atoms with E-state index < -0.39 is 16.1 Å². The van der Waals surface area contributed by atoms with E-state index in [2.05, 4.69) is 20.0 Å². The lowest BCUT2D eigenvalue weighted by molar-refractivity contribution is -0.122. The molecule has 0 aliphatic heterocycles. The standard InChI is InChI=1S/C24H28N4O4S/c1-6-21(32-22-13-15(2)7-8-16(22)3)23(29)27-19-9-11-20(12-10-19)33(30,31)28-24-25-17(4)14-18(5)26-24/h7-14,21H,6H2,1-5H3,(H,27,29)(H,25,26,28)/t21-/m0/s1. The molecule has 0 unspecified atom stereocenters. The van der Waals surface area contributed by atoms with Crippen molar-refractivity contribution < 1.29 is 17.9 Å². The molecular weight excluding hydrogens is 440 g/mol. The Kier molecular flexibility index (Phi) is 7.33. The third-order valence-corrected chi connectivity index (χ3v) is 6.26. The zero-order valence-electron chi connectivity index (χ0n) is 19.3. The number of rotatable bonds is 8. The summed E-state index contributed by atoms with van der Waals surface area (Å²) in [6, 6.07) is 13.5. The van der Waals surface area contributed by atoms with Crippen LogP contribution in [0.15, 0.2) is 53.4 Å². The maximum absolute atomic E-state index is 12.7. The summed E-state index contributed by atoms with van der Waals surface area (Å²) in [6.07, 6.45) is -0.205. The Hall–Kier alpha value is -3.46. The van der Waals surface area contributed by atoms with Crippen LogP contribution in [0.2, 0.25) is 0 Å². The van der Waals surface area contributed by atoms with Crippen LogP contribution >= 0.6 is 0 Å². The van der Waals surface area contributed by atoms with Crippen molar-refractivity contribution >= 4 is 27.6 Å². The highest BCUT2D eigenvalue weighted by atomic mass is 32.2. The molecule has 1 amide bonds. The molecule has 0 fully saturated rings. The number of nitrogens with zero attached hydrogens (tertiary/aromatic N) is 2. The minimum atomic E-state index is -3.88. The van der Waals surface area contributed by atoms with Crippen molar-refractivity contribution in [2.45, 2.75) is 52.0 Å². The quantitative estimate of drug-likeness (QED) is 0.510. The Morgan fingerprint density at radius 1 is 0.970 bits per heavy atom. The van der Waals surface area contributed by atoms with E-state index in [-0.39, 0.29) is 16.8 Å². The van der Waals surface area contributed by atoms with Crippen molar-refractivity contribution in [1.82, 2.24) is 9.97 Å². The number of amides is 1. The van der Waals surface area contributed by atoms with Crippen molar-refractivity contribution in [1.29, 1.82) is 0 Å². The number of aryl methyl sites for hydroxylation is 4. The van der Waals surface area contributed by atoms with E-state index in [0.717, 1.165) is 11.1 Å². The second kappa shape index (κ2) is 9.99. The van der Waals surface area contributed by atoms with Crippen molar-refractivity contribution in [3.05, 3.63) is 71.0 Å². The Labute approximate surface area is 194 Å². The Balaban J connectivity index is 1.69. The third kappa shape index (κ3) is 6.29. The number of sulfonamides is 1. The maximum atomic E-state index is 12.7. The largest absolute Gasteiger partial charge is 0.480 e. The van der Waals surface area contributed by atoms with E-state index in [9.17, 15) is 13.2 Å². The van der Waals surface area contributed by atoms with Gasteiger partial charge in [-0.3, -0.25) is 4.79 Å². The lowest BCUT2D eigenvalue weighted by Crippen LogP contribution is -2.32. The minimum absolute atomic E-state index is 0.0132. The van der Waals surface area contributed by atoms with Crippen LogP contribution in [0.3, 0.4) is 0 Å². The van der Waals surface area contributed by atoms with Crippen LogP contribution in [0, 0.1) is 27.7 Å². The molecule has 33 heavy (non-hydrogen) atoms. The number of hydrogen-bond donors (Lipinski definition) is 2. The van der Waals surface area contributed by atoms with Gasteiger partial charge < -0.3 is 10.1 Å². The van der Waals surface area contributed by atoms with E-state index in [1.807, 2.05) is 39.0 Å². The zero-order valence-corrected chi connectivity index (χ0v) is 20.2. The summed E-state index contributed by atoms with van der Waals surface area (Å²) in [7, 11) is -3.88. The summed E-state index contributed by atoms with van der Waals surface area (Å²) in [5.74, 6) is 0.369. The number of carbonyl (C=O) groups is 1. The van der Waals surface area contributed by atoms with E-state index in [1.165, 1.54) is 24.3 Å². The molecule has 2 aromatic carbocycles. The predicted octanol–water partition coefficient (Wildman–Crippen LogP) is 4.31. The highest BCUT2D eigenvalue weighted by Gasteiger charge is 2.21. The van der Waals surface area contributed by atoms with E-state index in [1.54, 1.807) is 19.9 Å². The molecule has 0 aliphatic carbocycles.